The van der Waals surface area contributed by atoms with Crippen molar-refractivity contribution in [3.8, 4) is 0 Å². The van der Waals surface area contributed by atoms with Crippen LogP contribution in [-0.4, -0.2) is 22.9 Å². The van der Waals surface area contributed by atoms with Gasteiger partial charge in [-0.1, -0.05) is 6.32 Å². The zero-order valence-electron chi connectivity index (χ0n) is 8.26. The van der Waals surface area contributed by atoms with E-state index in [-0.39, 0.29) is 56.1 Å². The predicted molar refractivity (Wildman–Crippen MR) is 41.2 cm³/mol. The average Bonchev–Trinajstić information content (AvgIpc) is 2.47. The smallest absolute Gasteiger partial charge is 0.449 e. The molecule has 16 heavy (non-hydrogen) atoms. The minimum absolute atomic E-state index is 0. The van der Waals surface area contributed by atoms with Gasteiger partial charge in [0.05, 0.1) is 0 Å². The van der Waals surface area contributed by atoms with Crippen molar-refractivity contribution in [1.29, 1.82) is 0 Å². The Morgan fingerprint density at radius 1 is 1.25 bits per heavy atom. The quantitative estimate of drug-likeness (QED) is 0.551. The van der Waals surface area contributed by atoms with Gasteiger partial charge in [0.15, 0.2) is 0 Å². The van der Waals surface area contributed by atoms with Gasteiger partial charge in [0.25, 0.3) is 0 Å². The monoisotopic (exact) mass is 270 g/mol. The van der Waals surface area contributed by atoms with Crippen LogP contribution in [0.1, 0.15) is 6.04 Å². The molecule has 0 spiro atoms. The number of alkyl halides is 3. The molecule has 1 unspecified atom stereocenters. The van der Waals surface area contributed by atoms with Crippen LogP contribution in [0.4, 0.5) is 26.1 Å². The molecule has 1 rings (SSSR count). The van der Waals surface area contributed by atoms with Crippen molar-refractivity contribution in [2.75, 3.05) is 0 Å². The molecular weight excluding hydrogens is 264 g/mol. The van der Waals surface area contributed by atoms with Crippen LogP contribution in [0.3, 0.4) is 0 Å². The number of hydrogen-bond acceptors (Lipinski definition) is 1. The van der Waals surface area contributed by atoms with Gasteiger partial charge in [-0.25, -0.2) is 0 Å². The van der Waals surface area contributed by atoms with E-state index >= 15 is 0 Å². The molecule has 0 bridgehead atoms. The maximum Gasteiger partial charge on any atom is 1.00 e. The van der Waals surface area contributed by atoms with Gasteiger partial charge < -0.3 is 12.9 Å². The number of hydrogen-bond donors (Lipinski definition) is 0. The Labute approximate surface area is 130 Å². The molecule has 0 saturated carbocycles. The summed E-state index contributed by atoms with van der Waals surface area (Å²) < 4.78 is 72.9. The Morgan fingerprint density at radius 2 is 1.81 bits per heavy atom. The maximum atomic E-state index is 12.3. The summed E-state index contributed by atoms with van der Waals surface area (Å²) in [5.41, 5.74) is 0. The van der Waals surface area contributed by atoms with Crippen molar-refractivity contribution in [3.05, 3.63) is 18.5 Å². The first-order chi connectivity index (χ1) is 6.70. The third kappa shape index (κ3) is 5.21. The van der Waals surface area contributed by atoms with Crippen LogP contribution in [0, 0.1) is 0 Å². The van der Waals surface area contributed by atoms with E-state index < -0.39 is 25.5 Å². The summed E-state index contributed by atoms with van der Waals surface area (Å²) in [7, 11) is 0. The van der Waals surface area contributed by atoms with Crippen LogP contribution >= 0.6 is 0 Å². The van der Waals surface area contributed by atoms with Crippen LogP contribution in [-0.2, 0) is 0 Å². The molecule has 0 radical (unpaired) electrons. The molecule has 86 valence electrons. The van der Waals surface area contributed by atoms with E-state index in [0.29, 0.717) is 0 Å². The molecule has 1 atom stereocenters. The Kier molecular flexibility index (Phi) is 6.08. The van der Waals surface area contributed by atoms with Crippen LogP contribution in [0.25, 0.3) is 0 Å². The van der Waals surface area contributed by atoms with Gasteiger partial charge in [-0.15, -0.1) is 0 Å². The molecule has 1 aromatic rings. The molecule has 0 fully saturated rings. The minimum Gasteiger partial charge on any atom is -0.449 e. The molecular formula is C6H6BF6KN2. The fraction of sp³-hybridized carbons (Fsp3) is 0.500. The third-order valence-corrected chi connectivity index (χ3v) is 1.71. The number of halogens is 6. The zero-order valence-corrected chi connectivity index (χ0v) is 11.4. The van der Waals surface area contributed by atoms with E-state index in [1.165, 1.54) is 0 Å². The third-order valence-electron chi connectivity index (χ3n) is 1.71. The van der Waals surface area contributed by atoms with Crippen molar-refractivity contribution in [2.24, 2.45) is 0 Å². The molecule has 0 aliphatic heterocycles. The second-order valence-corrected chi connectivity index (χ2v) is 2.99. The van der Waals surface area contributed by atoms with Crippen LogP contribution < -0.4 is 51.4 Å². The molecule has 0 aliphatic carbocycles. The minimum atomic E-state index is -5.51. The molecule has 0 aromatic carbocycles. The van der Waals surface area contributed by atoms with Crippen LogP contribution in [0.15, 0.2) is 18.5 Å². The normalized spacial score (nSPS) is 14.4. The summed E-state index contributed by atoms with van der Waals surface area (Å²) in [6, 6.07) is -1.49. The largest absolute Gasteiger partial charge is 1.00 e. The molecule has 1 heterocycles. The van der Waals surface area contributed by atoms with E-state index in [2.05, 4.69) is 5.10 Å². The molecule has 2 nitrogen and oxygen atoms in total. The van der Waals surface area contributed by atoms with Crippen LogP contribution in [0.5, 0.6) is 0 Å². The average molecular weight is 270 g/mol. The van der Waals surface area contributed by atoms with Gasteiger partial charge >= 0.3 is 64.5 Å². The first kappa shape index (κ1) is 16.5. The van der Waals surface area contributed by atoms with Crippen molar-refractivity contribution >= 4 is 6.98 Å². The summed E-state index contributed by atoms with van der Waals surface area (Å²) in [6.45, 7) is -5.51. The SMILES string of the molecule is F[B-](F)(F)CC(n1cccn1)C(F)(F)F.[K+]. The molecule has 0 aliphatic rings. The van der Waals surface area contributed by atoms with Crippen molar-refractivity contribution in [2.45, 2.75) is 18.5 Å². The van der Waals surface area contributed by atoms with Gasteiger partial charge in [0.2, 0.25) is 0 Å². The fourth-order valence-corrected chi connectivity index (χ4v) is 1.11. The summed E-state index contributed by atoms with van der Waals surface area (Å²) in [4.78, 5) is 0. The summed E-state index contributed by atoms with van der Waals surface area (Å²) >= 11 is 0. The van der Waals surface area contributed by atoms with E-state index in [1.54, 1.807) is 0 Å². The van der Waals surface area contributed by atoms with Gasteiger partial charge in [0, 0.05) is 12.4 Å². The maximum absolute atomic E-state index is 12.3. The number of aromatic nitrogens is 2. The second kappa shape index (κ2) is 5.90. The predicted octanol–water partition coefficient (Wildman–Crippen LogP) is -0.162. The van der Waals surface area contributed by atoms with E-state index in [1.807, 2.05) is 0 Å². The first-order valence-electron chi connectivity index (χ1n) is 3.97. The Bertz CT molecular complexity index is 308. The van der Waals surface area contributed by atoms with Gasteiger partial charge in [0.1, 0.15) is 6.04 Å². The van der Waals surface area contributed by atoms with Crippen molar-refractivity contribution in [1.82, 2.24) is 9.78 Å². The topological polar surface area (TPSA) is 17.8 Å². The Balaban J connectivity index is 0.00000225. The summed E-state index contributed by atoms with van der Waals surface area (Å²) in [5.74, 6) is 0. The molecule has 10 heteroatoms. The van der Waals surface area contributed by atoms with E-state index in [9.17, 15) is 26.1 Å². The van der Waals surface area contributed by atoms with Gasteiger partial charge in [-0.05, 0) is 6.07 Å². The Hall–Kier alpha value is 0.491. The van der Waals surface area contributed by atoms with Crippen molar-refractivity contribution in [3.63, 3.8) is 0 Å². The van der Waals surface area contributed by atoms with E-state index in [4.69, 9.17) is 0 Å². The molecule has 0 amide bonds. The summed E-state index contributed by atoms with van der Waals surface area (Å²) in [6.07, 6.45) is -5.00. The van der Waals surface area contributed by atoms with E-state index in [0.717, 1.165) is 18.5 Å². The number of nitrogens with zero attached hydrogens (tertiary/aromatic N) is 2. The van der Waals surface area contributed by atoms with Crippen LogP contribution in [0.2, 0.25) is 6.32 Å². The molecule has 1 aromatic heterocycles. The second-order valence-electron chi connectivity index (χ2n) is 2.99. The van der Waals surface area contributed by atoms with Gasteiger partial charge in [-0.2, -0.15) is 18.3 Å². The fourth-order valence-electron chi connectivity index (χ4n) is 1.11. The first-order valence-corrected chi connectivity index (χ1v) is 3.97. The van der Waals surface area contributed by atoms with Crippen molar-refractivity contribution < 1.29 is 77.5 Å². The summed E-state index contributed by atoms with van der Waals surface area (Å²) in [5, 5.41) is 3.17. The zero-order chi connectivity index (χ0) is 11.7. The molecule has 0 saturated heterocycles. The number of rotatable bonds is 3. The molecule has 0 N–H and O–H groups in total. The standard InChI is InChI=1S/C6H6BF6N2.K/c8-6(9,10)5(4-7(11,12)13)15-3-1-2-14-15;/h1-3,5H,4H2;/q-1;+1. The Morgan fingerprint density at radius 3 is 2.12 bits per heavy atom. The van der Waals surface area contributed by atoms with Gasteiger partial charge in [-0.3, -0.25) is 4.68 Å².